The van der Waals surface area contributed by atoms with Crippen molar-refractivity contribution in [3.8, 4) is 0 Å². The maximum atomic E-state index is 10.9. The Morgan fingerprint density at radius 2 is 2.08 bits per heavy atom. The van der Waals surface area contributed by atoms with Crippen molar-refractivity contribution >= 4 is 59.0 Å². The molecule has 0 bridgehead atoms. The molecule has 0 fully saturated rings. The molecule has 1 aromatic carbocycles. The van der Waals surface area contributed by atoms with Crippen LogP contribution < -0.4 is 5.73 Å². The van der Waals surface area contributed by atoms with Crippen molar-refractivity contribution in [2.24, 2.45) is 0 Å². The van der Waals surface area contributed by atoms with E-state index < -0.39 is 11.2 Å². The Kier molecular flexibility index (Phi) is 5.73. The van der Waals surface area contributed by atoms with Gasteiger partial charge in [0, 0.05) is 46.2 Å². The average Bonchev–Trinajstić information content (AvgIpc) is 1.94. The van der Waals surface area contributed by atoms with Crippen molar-refractivity contribution in [3.05, 3.63) is 18.2 Å². The number of hydrogen-bond acceptors (Lipinski definition) is 3. The number of anilines is 1. The van der Waals surface area contributed by atoms with Crippen LogP contribution in [-0.2, 0) is 11.2 Å². The van der Waals surface area contributed by atoms with Gasteiger partial charge in [-0.15, -0.1) is 12.6 Å². The molecule has 0 aliphatic rings. The average molecular weight is 210 g/mol. The molecule has 0 aromatic heterocycles. The van der Waals surface area contributed by atoms with E-state index in [0.29, 0.717) is 5.69 Å². The molecule has 2 N–H and O–H groups in total. The van der Waals surface area contributed by atoms with Crippen LogP contribution in [0, 0.1) is 0 Å². The molecular formula is C7H9NNaOS2. The van der Waals surface area contributed by atoms with Gasteiger partial charge in [0.25, 0.3) is 0 Å². The van der Waals surface area contributed by atoms with Gasteiger partial charge in [0.05, 0.1) is 0 Å². The fraction of sp³-hybridized carbons (Fsp3) is 0.143. The monoisotopic (exact) mass is 210 g/mol. The zero-order valence-corrected chi connectivity index (χ0v) is 10.8. The third-order valence-electron chi connectivity index (χ3n) is 1.33. The third kappa shape index (κ3) is 3.20. The Bertz CT molecular complexity index is 268. The smallest absolute Gasteiger partial charge is 0.154 e. The van der Waals surface area contributed by atoms with Crippen molar-refractivity contribution in [2.45, 2.75) is 9.79 Å². The summed E-state index contributed by atoms with van der Waals surface area (Å²) >= 11 is 3.13. The molecule has 0 saturated carbocycles. The largest absolute Gasteiger partial charge is 0.612 e. The van der Waals surface area contributed by atoms with Gasteiger partial charge in [0.1, 0.15) is 6.26 Å². The van der Waals surface area contributed by atoms with Crippen molar-refractivity contribution in [1.29, 1.82) is 0 Å². The summed E-state index contributed by atoms with van der Waals surface area (Å²) < 4.78 is 10.9. The standard InChI is InChI=1S/C7H9NOS2.Na/c1-11(9)5-2-3-7(10)6(8)4-5;/h2-4,10H,8H2,1H3;. The van der Waals surface area contributed by atoms with Gasteiger partial charge in [-0.2, -0.15) is 0 Å². The Hall–Kier alpha value is 0.680. The summed E-state index contributed by atoms with van der Waals surface area (Å²) in [5, 5.41) is 0. The number of nitrogen functional groups attached to an aromatic ring is 1. The van der Waals surface area contributed by atoms with Crippen LogP contribution in [0.1, 0.15) is 0 Å². The van der Waals surface area contributed by atoms with Gasteiger partial charge in [0.2, 0.25) is 0 Å². The minimum Gasteiger partial charge on any atom is -0.612 e. The molecule has 1 rings (SSSR count). The molecule has 0 saturated heterocycles. The van der Waals surface area contributed by atoms with E-state index in [1.54, 1.807) is 24.5 Å². The Morgan fingerprint density at radius 3 is 2.50 bits per heavy atom. The van der Waals surface area contributed by atoms with Crippen molar-refractivity contribution in [2.75, 3.05) is 12.0 Å². The fourth-order valence-corrected chi connectivity index (χ4v) is 1.40. The van der Waals surface area contributed by atoms with E-state index in [2.05, 4.69) is 12.6 Å². The van der Waals surface area contributed by atoms with Gasteiger partial charge in [-0.3, -0.25) is 0 Å². The van der Waals surface area contributed by atoms with Crippen molar-refractivity contribution < 1.29 is 4.55 Å². The van der Waals surface area contributed by atoms with E-state index in [1.165, 1.54) is 0 Å². The summed E-state index contributed by atoms with van der Waals surface area (Å²) in [5.74, 6) is 0. The number of thiol groups is 1. The van der Waals surface area contributed by atoms with Crippen LogP contribution in [0.5, 0.6) is 0 Å². The van der Waals surface area contributed by atoms with Gasteiger partial charge in [0.15, 0.2) is 4.90 Å². The first-order valence-corrected chi connectivity index (χ1v) is 5.03. The zero-order chi connectivity index (χ0) is 8.43. The van der Waals surface area contributed by atoms with Crippen LogP contribution in [-0.4, -0.2) is 40.4 Å². The molecule has 0 amide bonds. The van der Waals surface area contributed by atoms with Crippen LogP contribution in [0.3, 0.4) is 0 Å². The minimum absolute atomic E-state index is 0. The third-order valence-corrected chi connectivity index (χ3v) is 2.66. The second-order valence-corrected chi connectivity index (χ2v) is 4.04. The summed E-state index contributed by atoms with van der Waals surface area (Å²) in [4.78, 5) is 1.46. The first-order chi connectivity index (χ1) is 5.11. The second kappa shape index (κ2) is 5.42. The van der Waals surface area contributed by atoms with E-state index in [9.17, 15) is 4.55 Å². The van der Waals surface area contributed by atoms with E-state index in [1.807, 2.05) is 0 Å². The second-order valence-electron chi connectivity index (χ2n) is 2.17. The number of nitrogens with two attached hydrogens (primary N) is 1. The maximum absolute atomic E-state index is 10.9. The van der Waals surface area contributed by atoms with Gasteiger partial charge in [-0.25, -0.2) is 0 Å². The maximum Gasteiger partial charge on any atom is 0.154 e. The Morgan fingerprint density at radius 1 is 1.50 bits per heavy atom. The first-order valence-electron chi connectivity index (χ1n) is 3.03. The Labute approximate surface area is 103 Å². The molecule has 0 heterocycles. The molecule has 2 nitrogen and oxygen atoms in total. The summed E-state index contributed by atoms with van der Waals surface area (Å²) in [5.41, 5.74) is 6.12. The summed E-state index contributed by atoms with van der Waals surface area (Å²) in [6, 6.07) is 5.18. The quantitative estimate of drug-likeness (QED) is 0.313. The fourth-order valence-electron chi connectivity index (χ4n) is 0.711. The van der Waals surface area contributed by atoms with Crippen LogP contribution in [0.25, 0.3) is 0 Å². The minimum atomic E-state index is -0.961. The van der Waals surface area contributed by atoms with Crippen LogP contribution >= 0.6 is 12.6 Å². The van der Waals surface area contributed by atoms with Crippen molar-refractivity contribution in [3.63, 3.8) is 0 Å². The van der Waals surface area contributed by atoms with E-state index in [-0.39, 0.29) is 29.6 Å². The van der Waals surface area contributed by atoms with Gasteiger partial charge >= 0.3 is 0 Å². The Balaban J connectivity index is 0.00000121. The molecule has 61 valence electrons. The number of hydrogen-bond donors (Lipinski definition) is 2. The SMILES string of the molecule is C[S+]([O-])c1ccc(S)c(N)c1.[Na]. The van der Waals surface area contributed by atoms with Crippen LogP contribution in [0.15, 0.2) is 28.0 Å². The molecule has 0 spiro atoms. The predicted molar refractivity (Wildman–Crippen MR) is 56.2 cm³/mol. The molecule has 12 heavy (non-hydrogen) atoms. The molecule has 0 aliphatic carbocycles. The normalized spacial score (nSPS) is 11.9. The zero-order valence-electron chi connectivity index (χ0n) is 7.07. The van der Waals surface area contributed by atoms with Crippen LogP contribution in [0.4, 0.5) is 5.69 Å². The van der Waals surface area contributed by atoms with Crippen LogP contribution in [0.2, 0.25) is 0 Å². The number of benzene rings is 1. The molecular weight excluding hydrogens is 201 g/mol. The van der Waals surface area contributed by atoms with E-state index in [4.69, 9.17) is 5.73 Å². The summed E-state index contributed by atoms with van der Waals surface area (Å²) in [7, 11) is 0. The topological polar surface area (TPSA) is 49.1 Å². The number of rotatable bonds is 1. The molecule has 0 aliphatic heterocycles. The molecule has 1 atom stereocenters. The van der Waals surface area contributed by atoms with Gasteiger partial charge < -0.3 is 10.3 Å². The van der Waals surface area contributed by atoms with E-state index >= 15 is 0 Å². The first kappa shape index (κ1) is 12.7. The molecule has 5 heteroatoms. The molecule has 1 radical (unpaired) electrons. The van der Waals surface area contributed by atoms with Crippen molar-refractivity contribution in [1.82, 2.24) is 0 Å². The van der Waals surface area contributed by atoms with E-state index in [0.717, 1.165) is 9.79 Å². The molecule has 1 aromatic rings. The van der Waals surface area contributed by atoms with Gasteiger partial charge in [-0.05, 0) is 23.3 Å². The predicted octanol–water partition coefficient (Wildman–Crippen LogP) is 0.914. The summed E-state index contributed by atoms with van der Waals surface area (Å²) in [6.45, 7) is 0. The molecule has 1 unspecified atom stereocenters. The van der Waals surface area contributed by atoms with Gasteiger partial charge in [-0.1, -0.05) is 0 Å². The summed E-state index contributed by atoms with van der Waals surface area (Å²) in [6.07, 6.45) is 1.62.